The first-order chi connectivity index (χ1) is 14.0. The van der Waals surface area contributed by atoms with E-state index in [0.29, 0.717) is 18.6 Å². The van der Waals surface area contributed by atoms with Gasteiger partial charge in [-0.3, -0.25) is 25.7 Å². The molecule has 1 fully saturated rings. The predicted molar refractivity (Wildman–Crippen MR) is 110 cm³/mol. The molecule has 0 aliphatic heterocycles. The average molecular weight is 403 g/mol. The maximum atomic E-state index is 11.3. The van der Waals surface area contributed by atoms with Crippen LogP contribution in [0.4, 0.5) is 17.1 Å². The number of non-ortho nitro benzene ring substituents is 1. The van der Waals surface area contributed by atoms with Gasteiger partial charge in [0.25, 0.3) is 5.69 Å². The van der Waals surface area contributed by atoms with Crippen LogP contribution in [0.5, 0.6) is 0 Å². The second-order valence-corrected chi connectivity index (χ2v) is 7.02. The summed E-state index contributed by atoms with van der Waals surface area (Å²) in [5, 5.41) is 30.4. The molecule has 1 aromatic rings. The van der Waals surface area contributed by atoms with E-state index in [4.69, 9.17) is 5.53 Å². The summed E-state index contributed by atoms with van der Waals surface area (Å²) in [5.41, 5.74) is 11.5. The van der Waals surface area contributed by atoms with Crippen molar-refractivity contribution in [3.8, 4) is 0 Å². The number of nitrogens with one attached hydrogen (secondary N) is 1. The van der Waals surface area contributed by atoms with Crippen molar-refractivity contribution in [2.45, 2.75) is 70.3 Å². The van der Waals surface area contributed by atoms with Gasteiger partial charge in [-0.1, -0.05) is 50.1 Å². The Morgan fingerprint density at radius 2 is 1.66 bits per heavy atom. The Morgan fingerprint density at radius 1 is 1.00 bits per heavy atom. The van der Waals surface area contributed by atoms with Crippen LogP contribution in [-0.2, 0) is 0 Å². The molecule has 1 aliphatic carbocycles. The van der Waals surface area contributed by atoms with Gasteiger partial charge < -0.3 is 0 Å². The smallest absolute Gasteiger partial charge is 0.272 e. The molecule has 0 radical (unpaired) electrons. The van der Waals surface area contributed by atoms with E-state index in [1.807, 2.05) is 0 Å². The molecule has 0 amide bonds. The standard InChI is InChI=1S/C18H25N7O4/c19-23-22-16-10-8-6-4-2-1-3-5-7-9-15(16)20-21-17-12-11-14(24(26)27)13-18(17)25(28)29/h11-13,16,21H,1-10H2/b20-15-/t16-/m1/s1. The summed E-state index contributed by atoms with van der Waals surface area (Å²) in [5.74, 6) is 0. The van der Waals surface area contributed by atoms with Gasteiger partial charge >= 0.3 is 5.69 Å². The first-order valence-corrected chi connectivity index (χ1v) is 9.82. The molecule has 29 heavy (non-hydrogen) atoms. The van der Waals surface area contributed by atoms with Crippen LogP contribution in [0.3, 0.4) is 0 Å². The fourth-order valence-electron chi connectivity index (χ4n) is 3.37. The molecule has 1 aromatic carbocycles. The summed E-state index contributed by atoms with van der Waals surface area (Å²) in [6.07, 6.45) is 9.93. The molecule has 0 spiro atoms. The summed E-state index contributed by atoms with van der Waals surface area (Å²) in [4.78, 5) is 23.7. The van der Waals surface area contributed by atoms with Crippen molar-refractivity contribution in [3.63, 3.8) is 0 Å². The fraction of sp³-hybridized carbons (Fsp3) is 0.611. The van der Waals surface area contributed by atoms with Crippen LogP contribution in [0, 0.1) is 20.2 Å². The topological polar surface area (TPSA) is 159 Å². The zero-order valence-corrected chi connectivity index (χ0v) is 16.2. The van der Waals surface area contributed by atoms with E-state index in [1.165, 1.54) is 25.0 Å². The molecule has 11 heteroatoms. The number of nitrogens with zero attached hydrogens (tertiary/aromatic N) is 6. The number of nitro benzene ring substituents is 2. The van der Waals surface area contributed by atoms with Crippen molar-refractivity contribution in [2.24, 2.45) is 10.2 Å². The number of rotatable bonds is 5. The number of hydrogen-bond acceptors (Lipinski definition) is 7. The lowest BCUT2D eigenvalue weighted by atomic mass is 9.97. The molecule has 11 nitrogen and oxygen atoms in total. The zero-order valence-electron chi connectivity index (χ0n) is 16.2. The second-order valence-electron chi connectivity index (χ2n) is 7.02. The lowest BCUT2D eigenvalue weighted by molar-refractivity contribution is -0.393. The lowest BCUT2D eigenvalue weighted by Gasteiger charge is -2.16. The van der Waals surface area contributed by atoms with E-state index in [9.17, 15) is 20.2 Å². The maximum Gasteiger partial charge on any atom is 0.301 e. The molecule has 156 valence electrons. The average Bonchev–Trinajstić information content (AvgIpc) is 2.69. The predicted octanol–water partition coefficient (Wildman–Crippen LogP) is 5.86. The van der Waals surface area contributed by atoms with Crippen LogP contribution in [0.2, 0.25) is 0 Å². The quantitative estimate of drug-likeness (QED) is 0.214. The van der Waals surface area contributed by atoms with Crippen molar-refractivity contribution in [3.05, 3.63) is 48.9 Å². The molecule has 1 atom stereocenters. The van der Waals surface area contributed by atoms with Gasteiger partial charge in [0.2, 0.25) is 0 Å². The van der Waals surface area contributed by atoms with E-state index in [1.54, 1.807) is 0 Å². The molecule has 0 unspecified atom stereocenters. The van der Waals surface area contributed by atoms with Crippen LogP contribution in [-0.4, -0.2) is 21.6 Å². The minimum absolute atomic E-state index is 0.0545. The molecule has 1 aliphatic rings. The van der Waals surface area contributed by atoms with Crippen LogP contribution in [0.1, 0.15) is 64.2 Å². The highest BCUT2D eigenvalue weighted by atomic mass is 16.6. The molecule has 0 bridgehead atoms. The van der Waals surface area contributed by atoms with E-state index >= 15 is 0 Å². The first-order valence-electron chi connectivity index (χ1n) is 9.82. The van der Waals surface area contributed by atoms with E-state index in [-0.39, 0.29) is 11.4 Å². The Balaban J connectivity index is 2.27. The normalized spacial score (nSPS) is 20.0. The third-order valence-corrected chi connectivity index (χ3v) is 4.94. The Labute approximate surface area is 168 Å². The second kappa shape index (κ2) is 11.6. The van der Waals surface area contributed by atoms with Crippen LogP contribution < -0.4 is 5.43 Å². The number of hydrazone groups is 1. The molecule has 0 heterocycles. The number of anilines is 1. The van der Waals surface area contributed by atoms with Crippen molar-refractivity contribution >= 4 is 22.8 Å². The van der Waals surface area contributed by atoms with Crippen molar-refractivity contribution in [1.82, 2.24) is 0 Å². The Hall–Kier alpha value is -3.20. The van der Waals surface area contributed by atoms with E-state index in [2.05, 4.69) is 20.6 Å². The van der Waals surface area contributed by atoms with Crippen molar-refractivity contribution in [1.29, 1.82) is 0 Å². The van der Waals surface area contributed by atoms with Crippen LogP contribution >= 0.6 is 0 Å². The Morgan fingerprint density at radius 3 is 2.28 bits per heavy atom. The number of hydrogen-bond donors (Lipinski definition) is 1. The highest BCUT2D eigenvalue weighted by Gasteiger charge is 2.20. The van der Waals surface area contributed by atoms with Gasteiger partial charge in [0, 0.05) is 16.7 Å². The Kier molecular flexibility index (Phi) is 8.84. The summed E-state index contributed by atoms with van der Waals surface area (Å²) < 4.78 is 0. The van der Waals surface area contributed by atoms with Gasteiger partial charge in [0.1, 0.15) is 5.69 Å². The minimum atomic E-state index is -0.693. The third-order valence-electron chi connectivity index (χ3n) is 4.94. The molecular weight excluding hydrogens is 378 g/mol. The Bertz CT molecular complexity index is 805. The monoisotopic (exact) mass is 403 g/mol. The first kappa shape index (κ1) is 22.1. The highest BCUT2D eigenvalue weighted by Crippen LogP contribution is 2.29. The third kappa shape index (κ3) is 7.04. The van der Waals surface area contributed by atoms with E-state index < -0.39 is 21.6 Å². The van der Waals surface area contributed by atoms with Gasteiger partial charge in [-0.15, -0.1) is 0 Å². The summed E-state index contributed by atoms with van der Waals surface area (Å²) in [7, 11) is 0. The lowest BCUT2D eigenvalue weighted by Crippen LogP contribution is -2.20. The summed E-state index contributed by atoms with van der Waals surface area (Å²) in [6, 6.07) is 2.93. The van der Waals surface area contributed by atoms with Gasteiger partial charge in [-0.25, -0.2) is 0 Å². The molecule has 2 rings (SSSR count). The van der Waals surface area contributed by atoms with Gasteiger partial charge in [-0.05, 0) is 30.9 Å². The maximum absolute atomic E-state index is 11.3. The van der Waals surface area contributed by atoms with Crippen molar-refractivity contribution < 1.29 is 9.85 Å². The SMILES string of the molecule is [N-]=[N+]=N[C@@H]1CCCCCCCCCC/C1=N/Nc1ccc([N+](=O)[O-])cc1[N+](=O)[O-]. The number of benzene rings is 1. The van der Waals surface area contributed by atoms with Crippen molar-refractivity contribution in [2.75, 3.05) is 5.43 Å². The molecule has 0 aromatic heterocycles. The molecule has 0 saturated heterocycles. The van der Waals surface area contributed by atoms with Crippen LogP contribution in [0.15, 0.2) is 28.4 Å². The molecule has 1 saturated carbocycles. The molecule has 1 N–H and O–H groups in total. The largest absolute Gasteiger partial charge is 0.301 e. The number of azide groups is 1. The minimum Gasteiger partial charge on any atom is -0.272 e. The summed E-state index contributed by atoms with van der Waals surface area (Å²) >= 11 is 0. The molecular formula is C18H25N7O4. The van der Waals surface area contributed by atoms with Gasteiger partial charge in [0.05, 0.1) is 22.0 Å². The fourth-order valence-corrected chi connectivity index (χ4v) is 3.37. The number of nitro groups is 2. The van der Waals surface area contributed by atoms with Gasteiger partial charge in [0.15, 0.2) is 0 Å². The van der Waals surface area contributed by atoms with Crippen LogP contribution in [0.25, 0.3) is 10.4 Å². The highest BCUT2D eigenvalue weighted by molar-refractivity contribution is 5.90. The zero-order chi connectivity index (χ0) is 21.1. The summed E-state index contributed by atoms with van der Waals surface area (Å²) in [6.45, 7) is 0. The van der Waals surface area contributed by atoms with Gasteiger partial charge in [-0.2, -0.15) is 5.10 Å². The van der Waals surface area contributed by atoms with E-state index in [0.717, 1.165) is 44.6 Å².